The zero-order valence-electron chi connectivity index (χ0n) is 14.9. The van der Waals surface area contributed by atoms with Crippen LogP contribution < -0.4 is 4.74 Å². The minimum Gasteiger partial charge on any atom is -0.489 e. The predicted molar refractivity (Wildman–Crippen MR) is 103 cm³/mol. The van der Waals surface area contributed by atoms with Crippen molar-refractivity contribution < 1.29 is 14.6 Å². The highest BCUT2D eigenvalue weighted by molar-refractivity contribution is 5.82. The summed E-state index contributed by atoms with van der Waals surface area (Å²) in [5, 5.41) is 13.4. The van der Waals surface area contributed by atoms with Gasteiger partial charge in [-0.15, -0.1) is 0 Å². The third-order valence-corrected chi connectivity index (χ3v) is 5.06. The molecule has 0 saturated carbocycles. The summed E-state index contributed by atoms with van der Waals surface area (Å²) in [4.78, 5) is 0. The first-order valence-electron chi connectivity index (χ1n) is 9.24. The van der Waals surface area contributed by atoms with E-state index >= 15 is 0 Å². The number of hydrogen-bond acceptors (Lipinski definition) is 3. The van der Waals surface area contributed by atoms with Gasteiger partial charge in [0.25, 0.3) is 0 Å². The molecule has 3 heteroatoms. The second-order valence-electron chi connectivity index (χ2n) is 7.04. The average molecular weight is 348 g/mol. The van der Waals surface area contributed by atoms with E-state index in [1.165, 1.54) is 10.8 Å². The number of hydrogen-bond donors (Lipinski definition) is 1. The van der Waals surface area contributed by atoms with Gasteiger partial charge >= 0.3 is 0 Å². The average Bonchev–Trinajstić information content (AvgIpc) is 2.92. The Labute approximate surface area is 154 Å². The molecule has 0 spiro atoms. The molecule has 1 N–H and O–H groups in total. The van der Waals surface area contributed by atoms with Crippen LogP contribution in [0.5, 0.6) is 5.75 Å². The molecule has 0 amide bonds. The molecular weight excluding hydrogens is 324 g/mol. The van der Waals surface area contributed by atoms with Crippen molar-refractivity contribution in [1.29, 1.82) is 0 Å². The summed E-state index contributed by atoms with van der Waals surface area (Å²) in [6.07, 6.45) is 2.69. The summed E-state index contributed by atoms with van der Waals surface area (Å²) in [5.41, 5.74) is 1.08. The molecule has 3 nitrogen and oxygen atoms in total. The van der Waals surface area contributed by atoms with Gasteiger partial charge in [0, 0.05) is 6.61 Å². The van der Waals surface area contributed by atoms with E-state index in [0.717, 1.165) is 42.7 Å². The van der Waals surface area contributed by atoms with Crippen LogP contribution in [0.25, 0.3) is 10.8 Å². The second-order valence-corrected chi connectivity index (χ2v) is 7.04. The molecule has 0 aromatic heterocycles. The number of benzene rings is 3. The Morgan fingerprint density at radius 3 is 2.73 bits per heavy atom. The largest absolute Gasteiger partial charge is 0.489 e. The molecule has 134 valence electrons. The Balaban J connectivity index is 1.49. The summed E-state index contributed by atoms with van der Waals surface area (Å²) >= 11 is 0. The van der Waals surface area contributed by atoms with Gasteiger partial charge in [-0.3, -0.25) is 0 Å². The van der Waals surface area contributed by atoms with Crippen molar-refractivity contribution in [3.05, 3.63) is 77.9 Å². The summed E-state index contributed by atoms with van der Waals surface area (Å²) in [7, 11) is 0. The fraction of sp³-hybridized carbons (Fsp3) is 0.304. The van der Waals surface area contributed by atoms with Gasteiger partial charge in [0.15, 0.2) is 0 Å². The van der Waals surface area contributed by atoms with Crippen LogP contribution in [0, 0.1) is 0 Å². The van der Waals surface area contributed by atoms with E-state index in [1.807, 2.05) is 36.4 Å². The lowest BCUT2D eigenvalue weighted by Crippen LogP contribution is -2.30. The number of fused-ring (bicyclic) bond motifs is 1. The molecule has 3 aromatic carbocycles. The van der Waals surface area contributed by atoms with E-state index in [4.69, 9.17) is 9.47 Å². The first kappa shape index (κ1) is 17.1. The van der Waals surface area contributed by atoms with E-state index in [2.05, 4.69) is 30.3 Å². The molecular formula is C23H24O3. The Kier molecular flexibility index (Phi) is 4.91. The highest BCUT2D eigenvalue weighted by atomic mass is 16.5. The van der Waals surface area contributed by atoms with Crippen LogP contribution in [-0.4, -0.2) is 18.3 Å². The monoisotopic (exact) mass is 348 g/mol. The van der Waals surface area contributed by atoms with Crippen molar-refractivity contribution >= 4 is 10.8 Å². The summed E-state index contributed by atoms with van der Waals surface area (Å²) < 4.78 is 11.6. The molecule has 26 heavy (non-hydrogen) atoms. The maximum atomic E-state index is 11.0. The van der Waals surface area contributed by atoms with E-state index in [9.17, 15) is 5.11 Å². The minimum absolute atomic E-state index is 0.348. The summed E-state index contributed by atoms with van der Waals surface area (Å²) in [6, 6.07) is 22.5. The molecule has 3 aromatic rings. The molecule has 0 aliphatic carbocycles. The molecule has 1 fully saturated rings. The van der Waals surface area contributed by atoms with Crippen molar-refractivity contribution in [3.63, 3.8) is 0 Å². The lowest BCUT2D eigenvalue weighted by molar-refractivity contribution is -0.0416. The zero-order chi connectivity index (χ0) is 17.8. The SMILES string of the molecule is OC1(c2cccc(OCc3ccc4ccccc4c3)c2)CCCCOC1. The lowest BCUT2D eigenvalue weighted by atomic mass is 9.90. The fourth-order valence-corrected chi connectivity index (χ4v) is 3.53. The number of ether oxygens (including phenoxy) is 2. The van der Waals surface area contributed by atoms with Crippen molar-refractivity contribution in [3.8, 4) is 5.75 Å². The standard InChI is InChI=1S/C23H24O3/c24-23(12-3-4-13-25-17-23)21-8-5-9-22(15-21)26-16-18-10-11-19-6-1-2-7-20(19)14-18/h1-2,5-11,14-15,24H,3-4,12-13,16-17H2. The van der Waals surface area contributed by atoms with Crippen LogP contribution in [0.4, 0.5) is 0 Å². The van der Waals surface area contributed by atoms with Crippen LogP contribution in [0.15, 0.2) is 66.7 Å². The maximum Gasteiger partial charge on any atom is 0.120 e. The van der Waals surface area contributed by atoms with E-state index in [1.54, 1.807) is 0 Å². The third kappa shape index (κ3) is 3.74. The lowest BCUT2D eigenvalue weighted by Gasteiger charge is -2.26. The first-order chi connectivity index (χ1) is 12.7. The van der Waals surface area contributed by atoms with Crippen molar-refractivity contribution in [2.75, 3.05) is 13.2 Å². The van der Waals surface area contributed by atoms with Gasteiger partial charge in [0.05, 0.1) is 6.61 Å². The Bertz CT molecular complexity index is 879. The topological polar surface area (TPSA) is 38.7 Å². The van der Waals surface area contributed by atoms with E-state index < -0.39 is 5.60 Å². The number of rotatable bonds is 4. The van der Waals surface area contributed by atoms with E-state index in [-0.39, 0.29) is 0 Å². The Hall–Kier alpha value is -2.36. The van der Waals surface area contributed by atoms with Gasteiger partial charge in [-0.1, -0.05) is 48.5 Å². The molecule has 4 rings (SSSR count). The molecule has 1 saturated heterocycles. The van der Waals surface area contributed by atoms with Crippen molar-refractivity contribution in [1.82, 2.24) is 0 Å². The molecule has 0 radical (unpaired) electrons. The molecule has 1 aliphatic heterocycles. The second kappa shape index (κ2) is 7.48. The van der Waals surface area contributed by atoms with Gasteiger partial charge in [-0.25, -0.2) is 0 Å². The van der Waals surface area contributed by atoms with Crippen LogP contribution >= 0.6 is 0 Å². The molecule has 1 aliphatic rings. The minimum atomic E-state index is -0.918. The highest BCUT2D eigenvalue weighted by Crippen LogP contribution is 2.32. The van der Waals surface area contributed by atoms with Gasteiger partial charge in [0.1, 0.15) is 18.0 Å². The summed E-state index contributed by atoms with van der Waals surface area (Å²) in [5.74, 6) is 0.772. The molecule has 0 bridgehead atoms. The Morgan fingerprint density at radius 1 is 0.923 bits per heavy atom. The normalized spacial score (nSPS) is 20.7. The fourth-order valence-electron chi connectivity index (χ4n) is 3.53. The van der Waals surface area contributed by atoms with Gasteiger partial charge in [-0.2, -0.15) is 0 Å². The van der Waals surface area contributed by atoms with Crippen molar-refractivity contribution in [2.24, 2.45) is 0 Å². The quantitative estimate of drug-likeness (QED) is 0.735. The third-order valence-electron chi connectivity index (χ3n) is 5.06. The number of aliphatic hydroxyl groups is 1. The zero-order valence-corrected chi connectivity index (χ0v) is 14.9. The predicted octanol–water partition coefficient (Wildman–Crippen LogP) is 4.81. The van der Waals surface area contributed by atoms with Gasteiger partial charge < -0.3 is 14.6 Å². The van der Waals surface area contributed by atoms with Crippen LogP contribution in [0.1, 0.15) is 30.4 Å². The maximum absolute atomic E-state index is 11.0. The summed E-state index contributed by atoms with van der Waals surface area (Å²) in [6.45, 7) is 1.57. The first-order valence-corrected chi connectivity index (χ1v) is 9.24. The van der Waals surface area contributed by atoms with Gasteiger partial charge in [0.2, 0.25) is 0 Å². The Morgan fingerprint density at radius 2 is 1.81 bits per heavy atom. The molecule has 1 atom stereocenters. The van der Waals surface area contributed by atoms with Crippen LogP contribution in [0.3, 0.4) is 0 Å². The molecule has 1 unspecified atom stereocenters. The highest BCUT2D eigenvalue weighted by Gasteiger charge is 2.31. The molecule has 1 heterocycles. The van der Waals surface area contributed by atoms with Gasteiger partial charge in [-0.05, 0) is 59.4 Å². The van der Waals surface area contributed by atoms with Crippen LogP contribution in [0.2, 0.25) is 0 Å². The smallest absolute Gasteiger partial charge is 0.120 e. The van der Waals surface area contributed by atoms with Crippen molar-refractivity contribution in [2.45, 2.75) is 31.5 Å². The van der Waals surface area contributed by atoms with E-state index in [0.29, 0.717) is 13.2 Å². The van der Waals surface area contributed by atoms with Crippen LogP contribution in [-0.2, 0) is 16.9 Å².